The van der Waals surface area contributed by atoms with Crippen LogP contribution in [0, 0.1) is 6.92 Å². The van der Waals surface area contributed by atoms with Crippen LogP contribution in [0.4, 0.5) is 0 Å². The molecule has 0 saturated heterocycles. The molecule has 0 spiro atoms. The zero-order valence-corrected chi connectivity index (χ0v) is 8.99. The Morgan fingerprint density at radius 2 is 2.20 bits per heavy atom. The quantitative estimate of drug-likeness (QED) is 0.759. The van der Waals surface area contributed by atoms with Gasteiger partial charge in [0.2, 0.25) is 5.91 Å². The number of hydrogen-bond acceptors (Lipinski definition) is 3. The molecular weight excluding hydrogens is 192 g/mol. The summed E-state index contributed by atoms with van der Waals surface area (Å²) in [6.45, 7) is 3.58. The topological polar surface area (TPSA) is 78.3 Å². The molecule has 0 fully saturated rings. The van der Waals surface area contributed by atoms with Crippen molar-refractivity contribution in [3.63, 3.8) is 0 Å². The van der Waals surface area contributed by atoms with E-state index in [1.165, 1.54) is 0 Å². The van der Waals surface area contributed by atoms with Crippen LogP contribution in [0.2, 0.25) is 0 Å². The summed E-state index contributed by atoms with van der Waals surface area (Å²) in [6.07, 6.45) is 0. The number of ether oxygens (including phenoxy) is 1. The molecule has 0 aliphatic rings. The Balaban J connectivity index is 2.61. The van der Waals surface area contributed by atoms with Gasteiger partial charge in [-0.1, -0.05) is 12.1 Å². The van der Waals surface area contributed by atoms with E-state index in [0.717, 1.165) is 5.56 Å². The van der Waals surface area contributed by atoms with Gasteiger partial charge in [0.15, 0.2) is 0 Å². The highest BCUT2D eigenvalue weighted by Crippen LogP contribution is 2.13. The number of primary amides is 1. The third-order valence-corrected chi connectivity index (χ3v) is 2.09. The van der Waals surface area contributed by atoms with Crippen LogP contribution in [0.25, 0.3) is 0 Å². The van der Waals surface area contributed by atoms with E-state index in [-0.39, 0.29) is 6.61 Å². The van der Waals surface area contributed by atoms with Gasteiger partial charge in [0.1, 0.15) is 17.9 Å². The van der Waals surface area contributed by atoms with Crippen molar-refractivity contribution in [3.05, 3.63) is 29.8 Å². The second-order valence-electron chi connectivity index (χ2n) is 3.89. The zero-order chi connectivity index (χ0) is 11.5. The van der Waals surface area contributed by atoms with Gasteiger partial charge in [-0.3, -0.25) is 4.79 Å². The van der Waals surface area contributed by atoms with Gasteiger partial charge >= 0.3 is 0 Å². The van der Waals surface area contributed by atoms with E-state index >= 15 is 0 Å². The summed E-state index contributed by atoms with van der Waals surface area (Å²) in [5.41, 5.74) is 10.7. The lowest BCUT2D eigenvalue weighted by molar-refractivity contribution is -0.123. The van der Waals surface area contributed by atoms with Gasteiger partial charge < -0.3 is 16.2 Å². The van der Waals surface area contributed by atoms with Gasteiger partial charge in [-0.25, -0.2) is 0 Å². The van der Waals surface area contributed by atoms with E-state index in [0.29, 0.717) is 5.75 Å². The summed E-state index contributed by atoms with van der Waals surface area (Å²) in [5.74, 6) is 0.114. The predicted molar refractivity (Wildman–Crippen MR) is 58.5 cm³/mol. The fourth-order valence-corrected chi connectivity index (χ4v) is 1.01. The molecule has 1 aromatic rings. The number of rotatable bonds is 4. The van der Waals surface area contributed by atoms with E-state index in [9.17, 15) is 4.79 Å². The van der Waals surface area contributed by atoms with Crippen molar-refractivity contribution in [1.29, 1.82) is 0 Å². The fourth-order valence-electron chi connectivity index (χ4n) is 1.01. The molecule has 4 N–H and O–H groups in total. The second-order valence-corrected chi connectivity index (χ2v) is 3.89. The summed E-state index contributed by atoms with van der Waals surface area (Å²) in [7, 11) is 0. The molecule has 0 bridgehead atoms. The Morgan fingerprint density at radius 1 is 1.53 bits per heavy atom. The number of amides is 1. The maximum atomic E-state index is 10.9. The number of hydrogen-bond donors (Lipinski definition) is 2. The van der Waals surface area contributed by atoms with E-state index in [1.54, 1.807) is 6.92 Å². The van der Waals surface area contributed by atoms with Crippen LogP contribution >= 0.6 is 0 Å². The molecule has 1 rings (SSSR count). The molecule has 0 heterocycles. The highest BCUT2D eigenvalue weighted by atomic mass is 16.5. The van der Waals surface area contributed by atoms with Crippen molar-refractivity contribution in [1.82, 2.24) is 0 Å². The van der Waals surface area contributed by atoms with Gasteiger partial charge in [-0.2, -0.15) is 0 Å². The first-order chi connectivity index (χ1) is 6.92. The Hall–Kier alpha value is -1.55. The molecule has 0 saturated carbocycles. The molecule has 0 aliphatic heterocycles. The van der Waals surface area contributed by atoms with Crippen LogP contribution in [-0.4, -0.2) is 18.1 Å². The molecule has 0 aliphatic carbocycles. The Labute approximate surface area is 89.2 Å². The zero-order valence-electron chi connectivity index (χ0n) is 8.99. The average molecular weight is 208 g/mol. The van der Waals surface area contributed by atoms with Gasteiger partial charge in [-0.15, -0.1) is 0 Å². The van der Waals surface area contributed by atoms with E-state index in [4.69, 9.17) is 16.2 Å². The molecule has 1 amide bonds. The lowest BCUT2D eigenvalue weighted by Crippen LogP contribution is -2.53. The van der Waals surface area contributed by atoms with Crippen LogP contribution in [-0.2, 0) is 4.79 Å². The molecule has 1 atom stereocenters. The van der Waals surface area contributed by atoms with Crippen LogP contribution < -0.4 is 16.2 Å². The van der Waals surface area contributed by atoms with Crippen LogP contribution in [0.3, 0.4) is 0 Å². The number of carbonyl (C=O) groups is 1. The van der Waals surface area contributed by atoms with E-state index in [1.807, 2.05) is 31.2 Å². The first kappa shape index (κ1) is 11.5. The van der Waals surface area contributed by atoms with E-state index < -0.39 is 11.4 Å². The van der Waals surface area contributed by atoms with Crippen molar-refractivity contribution in [3.8, 4) is 5.75 Å². The predicted octanol–water partition coefficient (Wildman–Crippen LogP) is 0.577. The van der Waals surface area contributed by atoms with Gasteiger partial charge in [0.05, 0.1) is 0 Å². The molecule has 1 aromatic carbocycles. The molecule has 1 unspecified atom stereocenters. The van der Waals surface area contributed by atoms with Crippen molar-refractivity contribution in [2.24, 2.45) is 11.5 Å². The normalized spacial score (nSPS) is 14.3. The Bertz CT molecular complexity index is 361. The first-order valence-electron chi connectivity index (χ1n) is 4.70. The largest absolute Gasteiger partial charge is 0.491 e. The minimum Gasteiger partial charge on any atom is -0.491 e. The Morgan fingerprint density at radius 3 is 2.73 bits per heavy atom. The summed E-state index contributed by atoms with van der Waals surface area (Å²) >= 11 is 0. The minimum atomic E-state index is -1.14. The monoisotopic (exact) mass is 208 g/mol. The smallest absolute Gasteiger partial charge is 0.240 e. The summed E-state index contributed by atoms with van der Waals surface area (Å²) in [6, 6.07) is 7.52. The molecule has 0 aromatic heterocycles. The summed E-state index contributed by atoms with van der Waals surface area (Å²) in [4.78, 5) is 10.9. The van der Waals surface area contributed by atoms with E-state index in [2.05, 4.69) is 0 Å². The molecule has 4 nitrogen and oxygen atoms in total. The van der Waals surface area contributed by atoms with Crippen LogP contribution in [0.5, 0.6) is 5.75 Å². The number of benzene rings is 1. The van der Waals surface area contributed by atoms with Crippen LogP contribution in [0.15, 0.2) is 24.3 Å². The summed E-state index contributed by atoms with van der Waals surface area (Å²) < 4.78 is 5.39. The highest BCUT2D eigenvalue weighted by Gasteiger charge is 2.26. The van der Waals surface area contributed by atoms with Gasteiger partial charge in [0.25, 0.3) is 0 Å². The minimum absolute atomic E-state index is 0.0752. The average Bonchev–Trinajstić information content (AvgIpc) is 2.15. The van der Waals surface area contributed by atoms with Gasteiger partial charge in [-0.05, 0) is 31.5 Å². The third kappa shape index (κ3) is 3.25. The molecule has 0 radical (unpaired) electrons. The third-order valence-electron chi connectivity index (χ3n) is 2.09. The number of carbonyl (C=O) groups excluding carboxylic acids is 1. The van der Waals surface area contributed by atoms with Crippen molar-refractivity contribution >= 4 is 5.91 Å². The highest BCUT2D eigenvalue weighted by molar-refractivity contribution is 5.84. The van der Waals surface area contributed by atoms with Gasteiger partial charge in [0, 0.05) is 0 Å². The molecular formula is C11H16N2O2. The maximum Gasteiger partial charge on any atom is 0.240 e. The lowest BCUT2D eigenvalue weighted by atomic mass is 10.1. The van der Waals surface area contributed by atoms with Crippen molar-refractivity contribution in [2.75, 3.05) is 6.61 Å². The molecule has 82 valence electrons. The second kappa shape index (κ2) is 4.31. The maximum absolute atomic E-state index is 10.9. The first-order valence-corrected chi connectivity index (χ1v) is 4.70. The molecule has 4 heteroatoms. The Kier molecular flexibility index (Phi) is 3.31. The van der Waals surface area contributed by atoms with Crippen LogP contribution in [0.1, 0.15) is 12.5 Å². The standard InChI is InChI=1S/C11H16N2O2/c1-8-4-3-5-9(6-8)15-7-11(2,13)10(12)14/h3-6H,7,13H2,1-2H3,(H2,12,14). The number of aryl methyl sites for hydroxylation is 1. The lowest BCUT2D eigenvalue weighted by Gasteiger charge is -2.20. The molecule has 15 heavy (non-hydrogen) atoms. The SMILES string of the molecule is Cc1cccc(OCC(C)(N)C(N)=O)c1. The van der Waals surface area contributed by atoms with Crippen molar-refractivity contribution in [2.45, 2.75) is 19.4 Å². The fraction of sp³-hybridized carbons (Fsp3) is 0.364. The van der Waals surface area contributed by atoms with Crippen molar-refractivity contribution < 1.29 is 9.53 Å². The summed E-state index contributed by atoms with van der Waals surface area (Å²) in [5, 5.41) is 0. The number of nitrogens with two attached hydrogens (primary N) is 2.